The van der Waals surface area contributed by atoms with Crippen molar-refractivity contribution >= 4 is 17.0 Å². The molecule has 0 aliphatic carbocycles. The average Bonchev–Trinajstić information content (AvgIpc) is 3.35. The molecule has 0 amide bonds. The average molecular weight is 423 g/mol. The van der Waals surface area contributed by atoms with Gasteiger partial charge in [0.05, 0.1) is 36.4 Å². The van der Waals surface area contributed by atoms with Gasteiger partial charge in [0.1, 0.15) is 11.5 Å². The number of methoxy groups -OCH3 is 2. The van der Waals surface area contributed by atoms with E-state index >= 15 is 0 Å². The molecule has 4 aromatic rings. The summed E-state index contributed by atoms with van der Waals surface area (Å²) in [6.45, 7) is 3.46. The molecule has 0 radical (unpaired) electrons. The number of esters is 1. The van der Waals surface area contributed by atoms with Gasteiger partial charge < -0.3 is 18.7 Å². The molecule has 0 bridgehead atoms. The fraction of sp³-hybridized carbons (Fsp3) is 0.286. The number of aryl methyl sites for hydroxylation is 3. The lowest BCUT2D eigenvalue weighted by atomic mass is 10.1. The Morgan fingerprint density at radius 2 is 1.94 bits per heavy atom. The van der Waals surface area contributed by atoms with Crippen LogP contribution in [-0.2, 0) is 18.4 Å². The number of aromatic nitrogens is 5. The van der Waals surface area contributed by atoms with Gasteiger partial charge in [0.2, 0.25) is 5.82 Å². The predicted octanol–water partition coefficient (Wildman–Crippen LogP) is 3.01. The molecule has 0 fully saturated rings. The van der Waals surface area contributed by atoms with Crippen molar-refractivity contribution in [1.29, 1.82) is 0 Å². The Labute approximate surface area is 177 Å². The molecule has 3 aromatic heterocycles. The minimum Gasteiger partial charge on any atom is -0.497 e. The first-order valence-electron chi connectivity index (χ1n) is 9.44. The number of carbonyl (C=O) groups is 1. The van der Waals surface area contributed by atoms with E-state index in [0.717, 1.165) is 0 Å². The van der Waals surface area contributed by atoms with E-state index in [2.05, 4.69) is 20.2 Å². The second kappa shape index (κ2) is 8.05. The number of carbonyl (C=O) groups excluding carboxylic acids is 1. The minimum atomic E-state index is -0.520. The third kappa shape index (κ3) is 3.79. The lowest BCUT2D eigenvalue weighted by Crippen LogP contribution is -2.08. The van der Waals surface area contributed by atoms with Gasteiger partial charge in [0, 0.05) is 18.8 Å². The van der Waals surface area contributed by atoms with E-state index in [4.69, 9.17) is 18.7 Å². The molecule has 0 aliphatic heterocycles. The highest BCUT2D eigenvalue weighted by atomic mass is 16.6. The zero-order valence-electron chi connectivity index (χ0n) is 17.8. The molecule has 0 N–H and O–H groups in total. The molecule has 0 saturated heterocycles. The highest BCUT2D eigenvalue weighted by Crippen LogP contribution is 2.31. The Balaban J connectivity index is 1.55. The summed E-state index contributed by atoms with van der Waals surface area (Å²) >= 11 is 0. The maximum absolute atomic E-state index is 12.8. The standard InChI is InChI=1S/C21H21N5O5/c1-11-8-15(18-12(2)24-26(3)20(18)22-11)21(27)30-10-17-23-19(25-31-17)14-7-6-13(28-4)9-16(14)29-5/h6-9H,10H2,1-5H3. The van der Waals surface area contributed by atoms with E-state index in [1.165, 1.54) is 0 Å². The molecule has 0 spiro atoms. The zero-order valence-corrected chi connectivity index (χ0v) is 17.8. The van der Waals surface area contributed by atoms with Crippen LogP contribution in [-0.4, -0.2) is 45.1 Å². The van der Waals surface area contributed by atoms with Crippen molar-refractivity contribution in [3.63, 3.8) is 0 Å². The molecular weight excluding hydrogens is 402 g/mol. The molecule has 4 rings (SSSR count). The van der Waals surface area contributed by atoms with Crippen LogP contribution < -0.4 is 9.47 Å². The predicted molar refractivity (Wildman–Crippen MR) is 110 cm³/mol. The Kier molecular flexibility index (Phi) is 5.28. The third-order valence-electron chi connectivity index (χ3n) is 4.76. The molecule has 10 heteroatoms. The summed E-state index contributed by atoms with van der Waals surface area (Å²) in [5.41, 5.74) is 3.03. The second-order valence-corrected chi connectivity index (χ2v) is 6.87. The van der Waals surface area contributed by atoms with Crippen molar-refractivity contribution < 1.29 is 23.5 Å². The Morgan fingerprint density at radius 1 is 1.13 bits per heavy atom. The van der Waals surface area contributed by atoms with Crippen LogP contribution in [0.3, 0.4) is 0 Å². The monoisotopic (exact) mass is 423 g/mol. The van der Waals surface area contributed by atoms with Crippen molar-refractivity contribution in [1.82, 2.24) is 24.9 Å². The van der Waals surface area contributed by atoms with Crippen LogP contribution in [0.15, 0.2) is 28.8 Å². The SMILES string of the molecule is COc1ccc(-c2noc(COC(=O)c3cc(C)nc4c3c(C)nn4C)n2)c(OC)c1. The van der Waals surface area contributed by atoms with Gasteiger partial charge in [-0.2, -0.15) is 10.1 Å². The molecule has 0 unspecified atom stereocenters. The highest BCUT2D eigenvalue weighted by Gasteiger charge is 2.20. The van der Waals surface area contributed by atoms with Gasteiger partial charge in [-0.3, -0.25) is 4.68 Å². The Bertz CT molecular complexity index is 1280. The van der Waals surface area contributed by atoms with Crippen LogP contribution in [0.1, 0.15) is 27.6 Å². The van der Waals surface area contributed by atoms with E-state index in [-0.39, 0.29) is 12.5 Å². The third-order valence-corrected chi connectivity index (χ3v) is 4.76. The molecule has 0 saturated carbocycles. The van der Waals surface area contributed by atoms with E-state index < -0.39 is 5.97 Å². The Morgan fingerprint density at radius 3 is 2.68 bits per heavy atom. The molecule has 0 aliphatic rings. The van der Waals surface area contributed by atoms with Crippen molar-refractivity contribution in [2.45, 2.75) is 20.5 Å². The first-order valence-corrected chi connectivity index (χ1v) is 9.44. The summed E-state index contributed by atoms with van der Waals surface area (Å²) in [5, 5.41) is 8.96. The van der Waals surface area contributed by atoms with Gasteiger partial charge >= 0.3 is 5.97 Å². The topological polar surface area (TPSA) is 114 Å². The first-order chi connectivity index (χ1) is 14.9. The van der Waals surface area contributed by atoms with Gasteiger partial charge in [-0.05, 0) is 32.0 Å². The van der Waals surface area contributed by atoms with Crippen LogP contribution in [0.2, 0.25) is 0 Å². The summed E-state index contributed by atoms with van der Waals surface area (Å²) < 4.78 is 22.9. The lowest BCUT2D eigenvalue weighted by molar-refractivity contribution is 0.0432. The van der Waals surface area contributed by atoms with E-state index in [1.807, 2.05) is 13.8 Å². The van der Waals surface area contributed by atoms with Gasteiger partial charge in [0.25, 0.3) is 5.89 Å². The van der Waals surface area contributed by atoms with Crippen LogP contribution in [0.4, 0.5) is 0 Å². The van der Waals surface area contributed by atoms with Crippen LogP contribution in [0, 0.1) is 13.8 Å². The molecule has 160 valence electrons. The number of benzene rings is 1. The summed E-state index contributed by atoms with van der Waals surface area (Å²) in [4.78, 5) is 21.5. The normalized spacial score (nSPS) is 11.0. The summed E-state index contributed by atoms with van der Waals surface area (Å²) in [7, 11) is 4.89. The fourth-order valence-electron chi connectivity index (χ4n) is 3.34. The van der Waals surface area contributed by atoms with Gasteiger partial charge in [-0.25, -0.2) is 9.78 Å². The second-order valence-electron chi connectivity index (χ2n) is 6.87. The maximum Gasteiger partial charge on any atom is 0.339 e. The smallest absolute Gasteiger partial charge is 0.339 e. The van der Waals surface area contributed by atoms with E-state index in [1.54, 1.807) is 50.2 Å². The Hall–Kier alpha value is -3.95. The number of nitrogens with zero attached hydrogens (tertiary/aromatic N) is 5. The molecule has 1 aromatic carbocycles. The number of hydrogen-bond acceptors (Lipinski definition) is 9. The van der Waals surface area contributed by atoms with Crippen molar-refractivity contribution in [3.05, 3.63) is 47.1 Å². The van der Waals surface area contributed by atoms with Crippen molar-refractivity contribution in [3.8, 4) is 22.9 Å². The van der Waals surface area contributed by atoms with Crippen molar-refractivity contribution in [2.24, 2.45) is 7.05 Å². The molecule has 31 heavy (non-hydrogen) atoms. The maximum atomic E-state index is 12.8. The van der Waals surface area contributed by atoms with Gasteiger partial charge in [-0.1, -0.05) is 5.16 Å². The summed E-state index contributed by atoms with van der Waals surface area (Å²) in [6.07, 6.45) is 0. The number of hydrogen-bond donors (Lipinski definition) is 0. The molecule has 3 heterocycles. The molecule has 10 nitrogen and oxygen atoms in total. The number of rotatable bonds is 6. The number of pyridine rings is 1. The molecule has 0 atom stereocenters. The number of ether oxygens (including phenoxy) is 3. The zero-order chi connectivity index (χ0) is 22.1. The lowest BCUT2D eigenvalue weighted by Gasteiger charge is -2.07. The van der Waals surface area contributed by atoms with Crippen LogP contribution in [0.25, 0.3) is 22.4 Å². The van der Waals surface area contributed by atoms with Gasteiger partial charge in [0.15, 0.2) is 12.3 Å². The van der Waals surface area contributed by atoms with Crippen LogP contribution >= 0.6 is 0 Å². The largest absolute Gasteiger partial charge is 0.497 e. The minimum absolute atomic E-state index is 0.158. The highest BCUT2D eigenvalue weighted by molar-refractivity contribution is 6.03. The van der Waals surface area contributed by atoms with E-state index in [0.29, 0.717) is 50.9 Å². The summed E-state index contributed by atoms with van der Waals surface area (Å²) in [6, 6.07) is 6.93. The molecular formula is C21H21N5O5. The van der Waals surface area contributed by atoms with E-state index in [9.17, 15) is 4.79 Å². The fourth-order valence-corrected chi connectivity index (χ4v) is 3.34. The van der Waals surface area contributed by atoms with Crippen molar-refractivity contribution in [2.75, 3.05) is 14.2 Å². The summed E-state index contributed by atoms with van der Waals surface area (Å²) in [5.74, 6) is 1.13. The van der Waals surface area contributed by atoms with Crippen LogP contribution in [0.5, 0.6) is 11.5 Å². The number of fused-ring (bicyclic) bond motifs is 1. The first kappa shape index (κ1) is 20.3. The quantitative estimate of drug-likeness (QED) is 0.432. The van der Waals surface area contributed by atoms with Gasteiger partial charge in [-0.15, -0.1) is 0 Å².